The van der Waals surface area contributed by atoms with Gasteiger partial charge in [0.2, 0.25) is 0 Å². The Morgan fingerprint density at radius 3 is 2.50 bits per heavy atom. The Balaban J connectivity index is 2.31. The minimum atomic E-state index is -0.644. The molecule has 0 saturated carbocycles. The SMILES string of the molecule is CCCC(CCCc1ccccc1)C(=O)O. The lowest BCUT2D eigenvalue weighted by Crippen LogP contribution is -2.13. The van der Waals surface area contributed by atoms with Gasteiger partial charge < -0.3 is 5.11 Å². The monoisotopic (exact) mass is 220 g/mol. The van der Waals surface area contributed by atoms with E-state index in [-0.39, 0.29) is 5.92 Å². The summed E-state index contributed by atoms with van der Waals surface area (Å²) in [5, 5.41) is 9.00. The second-order valence-electron chi connectivity index (χ2n) is 4.20. The van der Waals surface area contributed by atoms with E-state index in [4.69, 9.17) is 5.11 Å². The van der Waals surface area contributed by atoms with Gasteiger partial charge in [0.25, 0.3) is 0 Å². The number of hydrogen-bond acceptors (Lipinski definition) is 1. The summed E-state index contributed by atoms with van der Waals surface area (Å²) in [5.74, 6) is -0.802. The second-order valence-corrected chi connectivity index (χ2v) is 4.20. The van der Waals surface area contributed by atoms with Crippen LogP contribution in [-0.4, -0.2) is 11.1 Å². The van der Waals surface area contributed by atoms with Crippen molar-refractivity contribution in [2.45, 2.75) is 39.0 Å². The van der Waals surface area contributed by atoms with Crippen LogP contribution in [0.4, 0.5) is 0 Å². The average Bonchev–Trinajstić information content (AvgIpc) is 2.29. The molecule has 0 radical (unpaired) electrons. The van der Waals surface area contributed by atoms with Crippen molar-refractivity contribution < 1.29 is 9.90 Å². The van der Waals surface area contributed by atoms with Gasteiger partial charge >= 0.3 is 5.97 Å². The largest absolute Gasteiger partial charge is 0.481 e. The summed E-state index contributed by atoms with van der Waals surface area (Å²) in [6, 6.07) is 10.2. The van der Waals surface area contributed by atoms with Gasteiger partial charge in [-0.15, -0.1) is 0 Å². The Kier molecular flexibility index (Phi) is 5.62. The first-order valence-corrected chi connectivity index (χ1v) is 6.00. The number of hydrogen-bond donors (Lipinski definition) is 1. The lowest BCUT2D eigenvalue weighted by molar-refractivity contribution is -0.142. The maximum absolute atomic E-state index is 10.9. The molecule has 0 spiro atoms. The molecule has 0 amide bonds. The van der Waals surface area contributed by atoms with Crippen molar-refractivity contribution in [1.82, 2.24) is 0 Å². The van der Waals surface area contributed by atoms with E-state index in [0.29, 0.717) is 0 Å². The van der Waals surface area contributed by atoms with Gasteiger partial charge in [0.05, 0.1) is 5.92 Å². The third kappa shape index (κ3) is 4.47. The molecule has 1 N–H and O–H groups in total. The minimum absolute atomic E-state index is 0.159. The number of rotatable bonds is 7. The van der Waals surface area contributed by atoms with Gasteiger partial charge in [-0.05, 0) is 31.2 Å². The Bertz CT molecular complexity index is 306. The third-order valence-electron chi connectivity index (χ3n) is 2.85. The molecular weight excluding hydrogens is 200 g/mol. The van der Waals surface area contributed by atoms with Crippen molar-refractivity contribution in [2.24, 2.45) is 5.92 Å². The molecule has 1 aromatic carbocycles. The lowest BCUT2D eigenvalue weighted by Gasteiger charge is -2.10. The smallest absolute Gasteiger partial charge is 0.306 e. The summed E-state index contributed by atoms with van der Waals surface area (Å²) in [6.45, 7) is 2.03. The average molecular weight is 220 g/mol. The van der Waals surface area contributed by atoms with Crippen LogP contribution in [0.2, 0.25) is 0 Å². The summed E-state index contributed by atoms with van der Waals surface area (Å²) < 4.78 is 0. The van der Waals surface area contributed by atoms with E-state index in [1.807, 2.05) is 25.1 Å². The minimum Gasteiger partial charge on any atom is -0.481 e. The van der Waals surface area contributed by atoms with Gasteiger partial charge in [-0.25, -0.2) is 0 Å². The highest BCUT2D eigenvalue weighted by atomic mass is 16.4. The van der Waals surface area contributed by atoms with E-state index in [2.05, 4.69) is 12.1 Å². The van der Waals surface area contributed by atoms with Crippen LogP contribution in [0.5, 0.6) is 0 Å². The van der Waals surface area contributed by atoms with E-state index >= 15 is 0 Å². The molecule has 1 atom stereocenters. The fourth-order valence-electron chi connectivity index (χ4n) is 1.94. The first-order chi connectivity index (χ1) is 7.74. The summed E-state index contributed by atoms with van der Waals surface area (Å²) >= 11 is 0. The van der Waals surface area contributed by atoms with Gasteiger partial charge in [-0.3, -0.25) is 4.79 Å². The van der Waals surface area contributed by atoms with Crippen LogP contribution in [0, 0.1) is 5.92 Å². The van der Waals surface area contributed by atoms with Crippen LogP contribution >= 0.6 is 0 Å². The Morgan fingerprint density at radius 2 is 1.94 bits per heavy atom. The van der Waals surface area contributed by atoms with Crippen molar-refractivity contribution >= 4 is 5.97 Å². The number of carboxylic acids is 1. The van der Waals surface area contributed by atoms with Gasteiger partial charge in [0.15, 0.2) is 0 Å². The highest BCUT2D eigenvalue weighted by Gasteiger charge is 2.15. The quantitative estimate of drug-likeness (QED) is 0.763. The zero-order valence-electron chi connectivity index (χ0n) is 9.86. The zero-order chi connectivity index (χ0) is 11.8. The number of benzene rings is 1. The predicted molar refractivity (Wildman–Crippen MR) is 65.4 cm³/mol. The van der Waals surface area contributed by atoms with Crippen LogP contribution < -0.4 is 0 Å². The summed E-state index contributed by atoms with van der Waals surface area (Å²) in [6.07, 6.45) is 4.47. The first-order valence-electron chi connectivity index (χ1n) is 6.00. The molecule has 1 unspecified atom stereocenters. The van der Waals surface area contributed by atoms with E-state index in [1.54, 1.807) is 0 Å². The molecule has 0 aromatic heterocycles. The van der Waals surface area contributed by atoms with Gasteiger partial charge in [0.1, 0.15) is 0 Å². The third-order valence-corrected chi connectivity index (χ3v) is 2.85. The van der Waals surface area contributed by atoms with E-state index in [1.165, 1.54) is 5.56 Å². The standard InChI is InChI=1S/C14H20O2/c1-2-7-13(14(15)16)11-6-10-12-8-4-3-5-9-12/h3-5,8-9,13H,2,6-7,10-11H2,1H3,(H,15,16). The second kappa shape index (κ2) is 7.04. The predicted octanol–water partition coefficient (Wildman–Crippen LogP) is 3.51. The van der Waals surface area contributed by atoms with Crippen molar-refractivity contribution in [3.8, 4) is 0 Å². The summed E-state index contributed by atoms with van der Waals surface area (Å²) in [4.78, 5) is 10.9. The first kappa shape index (κ1) is 12.8. The zero-order valence-corrected chi connectivity index (χ0v) is 9.86. The molecule has 2 nitrogen and oxygen atoms in total. The fourth-order valence-corrected chi connectivity index (χ4v) is 1.94. The number of aliphatic carboxylic acids is 1. The topological polar surface area (TPSA) is 37.3 Å². The van der Waals surface area contributed by atoms with Gasteiger partial charge in [-0.1, -0.05) is 43.7 Å². The normalized spacial score (nSPS) is 12.3. The molecule has 2 heteroatoms. The van der Waals surface area contributed by atoms with E-state index in [9.17, 15) is 4.79 Å². The van der Waals surface area contributed by atoms with Gasteiger partial charge in [0, 0.05) is 0 Å². The van der Waals surface area contributed by atoms with Crippen molar-refractivity contribution in [2.75, 3.05) is 0 Å². The molecule has 0 aliphatic heterocycles. The summed E-state index contributed by atoms with van der Waals surface area (Å²) in [7, 11) is 0. The van der Waals surface area contributed by atoms with E-state index < -0.39 is 5.97 Å². The molecule has 0 aliphatic carbocycles. The summed E-state index contributed by atoms with van der Waals surface area (Å²) in [5.41, 5.74) is 1.29. The van der Waals surface area contributed by atoms with Gasteiger partial charge in [-0.2, -0.15) is 0 Å². The maximum Gasteiger partial charge on any atom is 0.306 e. The van der Waals surface area contributed by atoms with Crippen LogP contribution in [0.25, 0.3) is 0 Å². The van der Waals surface area contributed by atoms with Crippen LogP contribution in [0.3, 0.4) is 0 Å². The molecule has 88 valence electrons. The lowest BCUT2D eigenvalue weighted by atomic mass is 9.96. The van der Waals surface area contributed by atoms with Crippen molar-refractivity contribution in [3.63, 3.8) is 0 Å². The molecule has 16 heavy (non-hydrogen) atoms. The highest BCUT2D eigenvalue weighted by molar-refractivity contribution is 5.69. The number of carbonyl (C=O) groups is 1. The van der Waals surface area contributed by atoms with E-state index in [0.717, 1.165) is 32.1 Å². The maximum atomic E-state index is 10.9. The number of carboxylic acid groups (broad SMARTS) is 1. The van der Waals surface area contributed by atoms with Crippen molar-refractivity contribution in [3.05, 3.63) is 35.9 Å². The van der Waals surface area contributed by atoms with Crippen LogP contribution in [0.1, 0.15) is 38.2 Å². The molecule has 0 heterocycles. The Hall–Kier alpha value is -1.31. The molecule has 0 aliphatic rings. The fraction of sp³-hybridized carbons (Fsp3) is 0.500. The molecule has 0 bridgehead atoms. The molecular formula is C14H20O2. The molecule has 1 rings (SSSR count). The Labute approximate surface area is 97.3 Å². The van der Waals surface area contributed by atoms with Crippen LogP contribution in [0.15, 0.2) is 30.3 Å². The highest BCUT2D eigenvalue weighted by Crippen LogP contribution is 2.15. The molecule has 0 saturated heterocycles. The molecule has 1 aromatic rings. The Morgan fingerprint density at radius 1 is 1.25 bits per heavy atom. The van der Waals surface area contributed by atoms with Crippen LogP contribution in [-0.2, 0) is 11.2 Å². The number of aryl methyl sites for hydroxylation is 1. The van der Waals surface area contributed by atoms with Crippen molar-refractivity contribution in [1.29, 1.82) is 0 Å². The molecule has 0 fully saturated rings.